The van der Waals surface area contributed by atoms with Gasteiger partial charge >= 0.3 is 0 Å². The van der Waals surface area contributed by atoms with Crippen LogP contribution in [0.25, 0.3) is 11.4 Å². The molecule has 1 fully saturated rings. The van der Waals surface area contributed by atoms with E-state index in [1.807, 2.05) is 16.5 Å². The molecule has 4 rings (SSSR count). The molecule has 3 heterocycles. The third-order valence-electron chi connectivity index (χ3n) is 6.68. The zero-order chi connectivity index (χ0) is 26.4. The first kappa shape index (κ1) is 26.1. The van der Waals surface area contributed by atoms with E-state index < -0.39 is 53.8 Å². The van der Waals surface area contributed by atoms with Gasteiger partial charge < -0.3 is 19.7 Å². The molecular weight excluding hydrogens is 478 g/mol. The average molecular weight is 510 g/mol. The van der Waals surface area contributed by atoms with Gasteiger partial charge in [0, 0.05) is 31.6 Å². The molecule has 0 aliphatic carbocycles. The molecular formula is C25H31F4N5O2. The lowest BCUT2D eigenvalue weighted by atomic mass is 9.85. The Labute approximate surface area is 207 Å². The van der Waals surface area contributed by atoms with Gasteiger partial charge in [0.2, 0.25) is 5.91 Å². The number of carbonyl (C=O) groups is 2. The van der Waals surface area contributed by atoms with E-state index in [4.69, 9.17) is 0 Å². The Hall–Kier alpha value is -2.95. The molecule has 36 heavy (non-hydrogen) atoms. The first-order valence-corrected chi connectivity index (χ1v) is 12.0. The number of hydrogen-bond acceptors (Lipinski definition) is 4. The number of rotatable bonds is 4. The van der Waals surface area contributed by atoms with Crippen molar-refractivity contribution in [3.05, 3.63) is 41.2 Å². The summed E-state index contributed by atoms with van der Waals surface area (Å²) in [7, 11) is 1.90. The second kappa shape index (κ2) is 9.49. The molecule has 2 amide bonds. The normalized spacial score (nSPS) is 19.1. The number of imidazole rings is 1. The molecule has 2 aliphatic heterocycles. The van der Waals surface area contributed by atoms with Gasteiger partial charge in [-0.15, -0.1) is 0 Å². The van der Waals surface area contributed by atoms with Crippen molar-refractivity contribution in [1.29, 1.82) is 0 Å². The van der Waals surface area contributed by atoms with Gasteiger partial charge in [-0.25, -0.2) is 22.5 Å². The van der Waals surface area contributed by atoms with Crippen LogP contribution in [-0.4, -0.2) is 69.8 Å². The van der Waals surface area contributed by atoms with E-state index in [2.05, 4.69) is 10.3 Å². The number of alkyl halides is 2. The van der Waals surface area contributed by atoms with Crippen LogP contribution in [-0.2, 0) is 17.9 Å². The molecule has 0 spiro atoms. The van der Waals surface area contributed by atoms with Crippen LogP contribution < -0.4 is 5.32 Å². The quantitative estimate of drug-likeness (QED) is 0.639. The van der Waals surface area contributed by atoms with Gasteiger partial charge in [0.1, 0.15) is 11.9 Å². The maximum atomic E-state index is 14.0. The van der Waals surface area contributed by atoms with E-state index in [0.29, 0.717) is 30.2 Å². The van der Waals surface area contributed by atoms with Gasteiger partial charge in [-0.1, -0.05) is 20.8 Å². The summed E-state index contributed by atoms with van der Waals surface area (Å²) in [5.41, 5.74) is 0.208. The van der Waals surface area contributed by atoms with Gasteiger partial charge in [-0.3, -0.25) is 9.59 Å². The number of hydrogen-bond donors (Lipinski definition) is 1. The molecule has 1 aromatic heterocycles. The molecule has 2 aromatic rings. The molecule has 0 radical (unpaired) electrons. The fraction of sp³-hybridized carbons (Fsp3) is 0.560. The minimum Gasteiger partial charge on any atom is -0.338 e. The summed E-state index contributed by atoms with van der Waals surface area (Å²) in [5, 5.41) is 2.74. The molecule has 1 atom stereocenters. The van der Waals surface area contributed by atoms with E-state index in [1.54, 1.807) is 20.8 Å². The Bertz CT molecular complexity index is 1170. The molecule has 1 N–H and O–H groups in total. The van der Waals surface area contributed by atoms with Crippen molar-refractivity contribution in [3.63, 3.8) is 0 Å². The number of fused-ring (bicyclic) bond motifs is 1. The summed E-state index contributed by atoms with van der Waals surface area (Å²) in [4.78, 5) is 34.4. The zero-order valence-corrected chi connectivity index (χ0v) is 20.9. The number of aromatic nitrogens is 2. The largest absolute Gasteiger partial charge is 0.338 e. The Morgan fingerprint density at radius 2 is 1.83 bits per heavy atom. The summed E-state index contributed by atoms with van der Waals surface area (Å²) in [6.45, 7) is 6.13. The molecule has 11 heteroatoms. The monoisotopic (exact) mass is 509 g/mol. The molecule has 1 unspecified atom stereocenters. The molecule has 1 aromatic carbocycles. The number of halogens is 4. The zero-order valence-electron chi connectivity index (χ0n) is 20.9. The average Bonchev–Trinajstić information content (AvgIpc) is 3.26. The Kier molecular flexibility index (Phi) is 6.89. The SMILES string of the molecule is CN1CCCn2c(-c3ccc(F)c(F)c3)nc(C(=O)NC(C(=O)N3CCC(F)(F)C3)C(C)(C)C)c2C1. The van der Waals surface area contributed by atoms with Crippen molar-refractivity contribution >= 4 is 11.8 Å². The lowest BCUT2D eigenvalue weighted by Crippen LogP contribution is -2.54. The summed E-state index contributed by atoms with van der Waals surface area (Å²) in [5.74, 6) is -5.84. The van der Waals surface area contributed by atoms with Gasteiger partial charge in [-0.05, 0) is 43.6 Å². The lowest BCUT2D eigenvalue weighted by Gasteiger charge is -2.33. The first-order valence-electron chi connectivity index (χ1n) is 12.0. The Morgan fingerprint density at radius 3 is 2.44 bits per heavy atom. The first-order chi connectivity index (χ1) is 16.8. The fourth-order valence-corrected chi connectivity index (χ4v) is 4.71. The van der Waals surface area contributed by atoms with Crippen LogP contribution in [0.15, 0.2) is 18.2 Å². The van der Waals surface area contributed by atoms with Gasteiger partial charge in [0.15, 0.2) is 17.3 Å². The predicted molar refractivity (Wildman–Crippen MR) is 125 cm³/mol. The Balaban J connectivity index is 1.70. The topological polar surface area (TPSA) is 70.5 Å². The highest BCUT2D eigenvalue weighted by molar-refractivity contribution is 5.98. The van der Waals surface area contributed by atoms with E-state index in [1.165, 1.54) is 6.07 Å². The smallest absolute Gasteiger partial charge is 0.272 e. The van der Waals surface area contributed by atoms with E-state index in [9.17, 15) is 27.2 Å². The van der Waals surface area contributed by atoms with Crippen molar-refractivity contribution in [1.82, 2.24) is 24.7 Å². The predicted octanol–water partition coefficient (Wildman–Crippen LogP) is 3.68. The van der Waals surface area contributed by atoms with E-state index in [-0.39, 0.29) is 12.2 Å². The second-order valence-electron chi connectivity index (χ2n) is 10.7. The molecule has 0 saturated carbocycles. The van der Waals surface area contributed by atoms with Crippen LogP contribution in [0.1, 0.15) is 49.8 Å². The van der Waals surface area contributed by atoms with Gasteiger partial charge in [0.05, 0.1) is 12.2 Å². The molecule has 2 aliphatic rings. The van der Waals surface area contributed by atoms with Gasteiger partial charge in [0.25, 0.3) is 11.8 Å². The number of likely N-dealkylation sites (tertiary alicyclic amines) is 1. The third kappa shape index (κ3) is 5.25. The van der Waals surface area contributed by atoms with Crippen molar-refractivity contribution in [2.45, 2.75) is 58.7 Å². The van der Waals surface area contributed by atoms with Crippen LogP contribution in [0.5, 0.6) is 0 Å². The highest BCUT2D eigenvalue weighted by atomic mass is 19.3. The highest BCUT2D eigenvalue weighted by Gasteiger charge is 2.45. The van der Waals surface area contributed by atoms with E-state index in [0.717, 1.165) is 30.0 Å². The maximum absolute atomic E-state index is 14.0. The number of amides is 2. The molecule has 0 bridgehead atoms. The highest BCUT2D eigenvalue weighted by Crippen LogP contribution is 2.31. The fourth-order valence-electron chi connectivity index (χ4n) is 4.71. The Morgan fingerprint density at radius 1 is 1.11 bits per heavy atom. The van der Waals surface area contributed by atoms with E-state index >= 15 is 0 Å². The van der Waals surface area contributed by atoms with Crippen molar-refractivity contribution < 1.29 is 27.2 Å². The third-order valence-corrected chi connectivity index (χ3v) is 6.68. The van der Waals surface area contributed by atoms with Crippen LogP contribution in [0, 0.1) is 17.0 Å². The minimum atomic E-state index is -2.95. The minimum absolute atomic E-state index is 0.0669. The second-order valence-corrected chi connectivity index (χ2v) is 10.7. The van der Waals surface area contributed by atoms with Crippen LogP contribution in [0.2, 0.25) is 0 Å². The lowest BCUT2D eigenvalue weighted by molar-refractivity contribution is -0.136. The van der Waals surface area contributed by atoms with Crippen LogP contribution in [0.4, 0.5) is 17.6 Å². The van der Waals surface area contributed by atoms with Crippen LogP contribution >= 0.6 is 0 Å². The number of carbonyl (C=O) groups excluding carboxylic acids is 2. The molecule has 1 saturated heterocycles. The van der Waals surface area contributed by atoms with Crippen molar-refractivity contribution in [2.24, 2.45) is 5.41 Å². The summed E-state index contributed by atoms with van der Waals surface area (Å²) in [6, 6.07) is 2.39. The summed E-state index contributed by atoms with van der Waals surface area (Å²) < 4.78 is 56.9. The maximum Gasteiger partial charge on any atom is 0.272 e. The standard InChI is InChI=1S/C25H31F4N5O2/c1-24(2,3)20(23(36)33-11-8-25(28,29)14-33)31-22(35)19-18-13-32(4)9-5-10-34(18)21(30-19)15-6-7-16(26)17(27)12-15/h6-7,12,20H,5,8-11,13-14H2,1-4H3,(H,31,35). The molecule has 7 nitrogen and oxygen atoms in total. The number of benzene rings is 1. The molecule has 196 valence electrons. The van der Waals surface area contributed by atoms with Crippen molar-refractivity contribution in [3.8, 4) is 11.4 Å². The van der Waals surface area contributed by atoms with Crippen molar-refractivity contribution in [2.75, 3.05) is 26.7 Å². The van der Waals surface area contributed by atoms with Crippen LogP contribution in [0.3, 0.4) is 0 Å². The number of nitrogens with one attached hydrogen (secondary N) is 1. The summed E-state index contributed by atoms with van der Waals surface area (Å²) in [6.07, 6.45) is 0.339. The summed E-state index contributed by atoms with van der Waals surface area (Å²) >= 11 is 0. The van der Waals surface area contributed by atoms with Gasteiger partial charge in [-0.2, -0.15) is 0 Å². The number of nitrogens with zero attached hydrogens (tertiary/aromatic N) is 4.